The van der Waals surface area contributed by atoms with Gasteiger partial charge in [-0.15, -0.1) is 0 Å². The van der Waals surface area contributed by atoms with Gasteiger partial charge in [-0.3, -0.25) is 0 Å². The van der Waals surface area contributed by atoms with Crippen molar-refractivity contribution in [3.05, 3.63) is 48.0 Å². The summed E-state index contributed by atoms with van der Waals surface area (Å²) in [6, 6.07) is 11.8. The van der Waals surface area contributed by atoms with Gasteiger partial charge in [0.1, 0.15) is 11.5 Å². The van der Waals surface area contributed by atoms with Crippen LogP contribution in [0, 0.1) is 0 Å². The molecule has 19 heavy (non-hydrogen) atoms. The Morgan fingerprint density at radius 3 is 2.32 bits per heavy atom. The average molecular weight is 258 g/mol. The van der Waals surface area contributed by atoms with Gasteiger partial charge < -0.3 is 14.6 Å². The fourth-order valence-corrected chi connectivity index (χ4v) is 1.82. The number of rotatable bonds is 3. The van der Waals surface area contributed by atoms with E-state index in [9.17, 15) is 9.90 Å². The number of aromatic hydroxyl groups is 1. The summed E-state index contributed by atoms with van der Waals surface area (Å²) in [4.78, 5) is 11.5. The third-order valence-corrected chi connectivity index (χ3v) is 2.80. The van der Waals surface area contributed by atoms with Crippen molar-refractivity contribution >= 4 is 5.97 Å². The summed E-state index contributed by atoms with van der Waals surface area (Å²) >= 11 is 0. The van der Waals surface area contributed by atoms with Crippen LogP contribution in [0.3, 0.4) is 0 Å². The number of benzene rings is 2. The third kappa shape index (κ3) is 2.68. The van der Waals surface area contributed by atoms with Crippen LogP contribution in [0.25, 0.3) is 11.1 Å². The molecule has 1 N–H and O–H groups in total. The van der Waals surface area contributed by atoms with E-state index in [4.69, 9.17) is 9.47 Å². The number of methoxy groups -OCH3 is 2. The van der Waals surface area contributed by atoms with E-state index in [1.54, 1.807) is 49.6 Å². The summed E-state index contributed by atoms with van der Waals surface area (Å²) in [7, 11) is 2.91. The Hall–Kier alpha value is -2.49. The Morgan fingerprint density at radius 2 is 1.74 bits per heavy atom. The minimum Gasteiger partial charge on any atom is -0.508 e. The fourth-order valence-electron chi connectivity index (χ4n) is 1.82. The topological polar surface area (TPSA) is 55.8 Å². The molecule has 0 aromatic heterocycles. The van der Waals surface area contributed by atoms with Crippen LogP contribution in [-0.2, 0) is 4.74 Å². The Bertz CT molecular complexity index is 588. The molecular weight excluding hydrogens is 244 g/mol. The maximum atomic E-state index is 11.5. The zero-order valence-electron chi connectivity index (χ0n) is 10.7. The van der Waals surface area contributed by atoms with Gasteiger partial charge in [-0.2, -0.15) is 0 Å². The van der Waals surface area contributed by atoms with Gasteiger partial charge in [-0.25, -0.2) is 4.79 Å². The molecule has 0 aliphatic carbocycles. The lowest BCUT2D eigenvalue weighted by atomic mass is 10.0. The lowest BCUT2D eigenvalue weighted by molar-refractivity contribution is 0.0601. The van der Waals surface area contributed by atoms with E-state index in [0.717, 1.165) is 11.1 Å². The molecule has 0 saturated carbocycles. The van der Waals surface area contributed by atoms with Crippen LogP contribution < -0.4 is 4.74 Å². The number of hydrogen-bond donors (Lipinski definition) is 1. The highest BCUT2D eigenvalue weighted by molar-refractivity contribution is 5.92. The van der Waals surface area contributed by atoms with Crippen LogP contribution >= 0.6 is 0 Å². The van der Waals surface area contributed by atoms with Crippen molar-refractivity contribution in [3.63, 3.8) is 0 Å². The molecule has 2 aromatic rings. The Labute approximate surface area is 111 Å². The normalized spacial score (nSPS) is 10.0. The van der Waals surface area contributed by atoms with Gasteiger partial charge in [0.25, 0.3) is 0 Å². The zero-order chi connectivity index (χ0) is 13.8. The molecule has 2 aromatic carbocycles. The van der Waals surface area contributed by atoms with Gasteiger partial charge in [-0.1, -0.05) is 12.1 Å². The van der Waals surface area contributed by atoms with Gasteiger partial charge in [0.05, 0.1) is 19.8 Å². The molecule has 0 aliphatic rings. The van der Waals surface area contributed by atoms with Crippen LogP contribution in [0.15, 0.2) is 42.5 Å². The Kier molecular flexibility index (Phi) is 3.71. The maximum Gasteiger partial charge on any atom is 0.337 e. The van der Waals surface area contributed by atoms with E-state index in [1.165, 1.54) is 7.11 Å². The quantitative estimate of drug-likeness (QED) is 0.860. The second kappa shape index (κ2) is 5.44. The third-order valence-electron chi connectivity index (χ3n) is 2.80. The van der Waals surface area contributed by atoms with Gasteiger partial charge in [-0.05, 0) is 35.9 Å². The molecule has 0 radical (unpaired) electrons. The summed E-state index contributed by atoms with van der Waals surface area (Å²) in [6.45, 7) is 0. The van der Waals surface area contributed by atoms with Crippen LogP contribution in [0.5, 0.6) is 11.5 Å². The SMILES string of the molecule is COC(=O)c1ccc(OC)c(-c2ccc(O)cc2)c1. The second-order valence-electron chi connectivity index (χ2n) is 3.95. The predicted molar refractivity (Wildman–Crippen MR) is 71.4 cm³/mol. The van der Waals surface area contributed by atoms with E-state index in [2.05, 4.69) is 0 Å². The fraction of sp³-hybridized carbons (Fsp3) is 0.133. The summed E-state index contributed by atoms with van der Waals surface area (Å²) in [5.41, 5.74) is 2.07. The van der Waals surface area contributed by atoms with Crippen LogP contribution in [0.2, 0.25) is 0 Å². The zero-order valence-corrected chi connectivity index (χ0v) is 10.7. The number of esters is 1. The van der Waals surface area contributed by atoms with Crippen molar-refractivity contribution in [1.29, 1.82) is 0 Å². The average Bonchev–Trinajstić information content (AvgIpc) is 2.46. The summed E-state index contributed by atoms with van der Waals surface area (Å²) in [5.74, 6) is 0.438. The highest BCUT2D eigenvalue weighted by Crippen LogP contribution is 2.32. The first-order valence-corrected chi connectivity index (χ1v) is 5.71. The van der Waals surface area contributed by atoms with Crippen LogP contribution in [-0.4, -0.2) is 25.3 Å². The standard InChI is InChI=1S/C15H14O4/c1-18-14-8-5-11(15(17)19-2)9-13(14)10-3-6-12(16)7-4-10/h3-9,16H,1-2H3. The van der Waals surface area contributed by atoms with E-state index in [0.29, 0.717) is 11.3 Å². The van der Waals surface area contributed by atoms with Crippen molar-refractivity contribution in [3.8, 4) is 22.6 Å². The molecule has 0 spiro atoms. The lowest BCUT2D eigenvalue weighted by Gasteiger charge is -2.10. The van der Waals surface area contributed by atoms with Crippen molar-refractivity contribution in [1.82, 2.24) is 0 Å². The molecule has 2 rings (SSSR count). The van der Waals surface area contributed by atoms with Crippen molar-refractivity contribution in [2.24, 2.45) is 0 Å². The largest absolute Gasteiger partial charge is 0.508 e. The van der Waals surface area contributed by atoms with Gasteiger partial charge >= 0.3 is 5.97 Å². The Morgan fingerprint density at radius 1 is 1.05 bits per heavy atom. The smallest absolute Gasteiger partial charge is 0.337 e. The molecule has 4 nitrogen and oxygen atoms in total. The number of phenolic OH excluding ortho intramolecular Hbond substituents is 1. The maximum absolute atomic E-state index is 11.5. The summed E-state index contributed by atoms with van der Waals surface area (Å²) < 4.78 is 9.98. The summed E-state index contributed by atoms with van der Waals surface area (Å²) in [5, 5.41) is 9.31. The molecule has 98 valence electrons. The molecule has 4 heteroatoms. The lowest BCUT2D eigenvalue weighted by Crippen LogP contribution is -2.01. The molecule has 0 bridgehead atoms. The van der Waals surface area contributed by atoms with E-state index in [-0.39, 0.29) is 5.75 Å². The summed E-state index contributed by atoms with van der Waals surface area (Å²) in [6.07, 6.45) is 0. The molecule has 0 unspecified atom stereocenters. The first-order valence-electron chi connectivity index (χ1n) is 5.71. The molecule has 0 aliphatic heterocycles. The monoisotopic (exact) mass is 258 g/mol. The first-order chi connectivity index (χ1) is 9.15. The van der Waals surface area contributed by atoms with Gasteiger partial charge in [0.2, 0.25) is 0 Å². The van der Waals surface area contributed by atoms with E-state index in [1.807, 2.05) is 0 Å². The molecule has 0 fully saturated rings. The molecule has 0 amide bonds. The second-order valence-corrected chi connectivity index (χ2v) is 3.95. The number of carbonyl (C=O) groups excluding carboxylic acids is 1. The minimum atomic E-state index is -0.400. The van der Waals surface area contributed by atoms with Gasteiger partial charge in [0.15, 0.2) is 0 Å². The number of hydrogen-bond acceptors (Lipinski definition) is 4. The Balaban J connectivity index is 2.52. The van der Waals surface area contributed by atoms with Crippen molar-refractivity contribution in [2.75, 3.05) is 14.2 Å². The van der Waals surface area contributed by atoms with Crippen LogP contribution in [0.4, 0.5) is 0 Å². The highest BCUT2D eigenvalue weighted by Gasteiger charge is 2.11. The molecule has 0 atom stereocenters. The van der Waals surface area contributed by atoms with Crippen molar-refractivity contribution < 1.29 is 19.4 Å². The number of phenols is 1. The van der Waals surface area contributed by atoms with Crippen LogP contribution in [0.1, 0.15) is 10.4 Å². The minimum absolute atomic E-state index is 0.187. The molecule has 0 heterocycles. The number of carbonyl (C=O) groups is 1. The first kappa shape index (κ1) is 13.0. The van der Waals surface area contributed by atoms with E-state index >= 15 is 0 Å². The van der Waals surface area contributed by atoms with E-state index < -0.39 is 5.97 Å². The molecule has 0 saturated heterocycles. The van der Waals surface area contributed by atoms with Gasteiger partial charge in [0, 0.05) is 5.56 Å². The number of ether oxygens (including phenoxy) is 2. The van der Waals surface area contributed by atoms with Crippen molar-refractivity contribution in [2.45, 2.75) is 0 Å². The molecular formula is C15H14O4. The predicted octanol–water partition coefficient (Wildman–Crippen LogP) is 2.85. The highest BCUT2D eigenvalue weighted by atomic mass is 16.5.